The van der Waals surface area contributed by atoms with Gasteiger partial charge in [-0.2, -0.15) is 4.98 Å². The molecule has 2 aromatic rings. The fraction of sp³-hybridized carbons (Fsp3) is 0.200. The molecule has 0 spiro atoms. The van der Waals surface area contributed by atoms with Crippen LogP contribution in [0, 0.1) is 0 Å². The van der Waals surface area contributed by atoms with E-state index in [1.54, 1.807) is 24.6 Å². The molecule has 0 aliphatic carbocycles. The number of nitrogens with zero attached hydrogens (tertiary/aromatic N) is 2. The SMILES string of the molecule is COc1nc(NCc2cccs2)ncc1Br. The largest absolute Gasteiger partial charge is 0.480 e. The van der Waals surface area contributed by atoms with Crippen molar-refractivity contribution < 1.29 is 4.74 Å². The Labute approximate surface area is 106 Å². The van der Waals surface area contributed by atoms with Crippen molar-refractivity contribution in [1.82, 2.24) is 9.97 Å². The average Bonchev–Trinajstić information content (AvgIpc) is 2.81. The summed E-state index contributed by atoms with van der Waals surface area (Å²) in [5.41, 5.74) is 0. The Kier molecular flexibility index (Phi) is 3.74. The van der Waals surface area contributed by atoms with Crippen LogP contribution in [0.3, 0.4) is 0 Å². The van der Waals surface area contributed by atoms with Crippen LogP contribution in [-0.2, 0) is 6.54 Å². The molecule has 1 N–H and O–H groups in total. The molecular weight excluding hydrogens is 290 g/mol. The maximum Gasteiger partial charge on any atom is 0.232 e. The summed E-state index contributed by atoms with van der Waals surface area (Å²) in [5.74, 6) is 1.09. The Hall–Kier alpha value is -1.14. The number of halogens is 1. The second-order valence-corrected chi connectivity index (χ2v) is 4.87. The van der Waals surface area contributed by atoms with Gasteiger partial charge in [-0.25, -0.2) is 4.98 Å². The van der Waals surface area contributed by atoms with Crippen LogP contribution in [0.25, 0.3) is 0 Å². The maximum atomic E-state index is 5.09. The summed E-state index contributed by atoms with van der Waals surface area (Å²) >= 11 is 5.00. The average molecular weight is 300 g/mol. The van der Waals surface area contributed by atoms with E-state index in [0.717, 1.165) is 11.0 Å². The second kappa shape index (κ2) is 5.27. The Morgan fingerprint density at radius 2 is 2.44 bits per heavy atom. The van der Waals surface area contributed by atoms with E-state index in [1.165, 1.54) is 4.88 Å². The first kappa shape index (κ1) is 11.3. The first-order chi connectivity index (χ1) is 7.79. The van der Waals surface area contributed by atoms with Gasteiger partial charge in [-0.05, 0) is 27.4 Å². The molecule has 0 saturated carbocycles. The molecule has 6 heteroatoms. The normalized spacial score (nSPS) is 10.1. The Morgan fingerprint density at radius 3 is 3.12 bits per heavy atom. The van der Waals surface area contributed by atoms with Crippen LogP contribution in [0.4, 0.5) is 5.95 Å². The molecule has 2 rings (SSSR count). The van der Waals surface area contributed by atoms with E-state index in [2.05, 4.69) is 37.3 Å². The van der Waals surface area contributed by atoms with E-state index in [0.29, 0.717) is 11.8 Å². The standard InChI is InChI=1S/C10H10BrN3OS/c1-15-9-8(11)6-13-10(14-9)12-5-7-3-2-4-16-7/h2-4,6H,5H2,1H3,(H,12,13,14). The number of rotatable bonds is 4. The van der Waals surface area contributed by atoms with Crippen molar-refractivity contribution in [2.45, 2.75) is 6.54 Å². The van der Waals surface area contributed by atoms with Crippen molar-refractivity contribution in [2.24, 2.45) is 0 Å². The molecule has 0 radical (unpaired) electrons. The van der Waals surface area contributed by atoms with Crippen molar-refractivity contribution in [1.29, 1.82) is 0 Å². The summed E-state index contributed by atoms with van der Waals surface area (Å²) < 4.78 is 5.83. The van der Waals surface area contributed by atoms with Gasteiger partial charge in [0.25, 0.3) is 0 Å². The lowest BCUT2D eigenvalue weighted by atomic mass is 10.5. The molecule has 0 amide bonds. The van der Waals surface area contributed by atoms with Crippen LogP contribution in [0.5, 0.6) is 5.88 Å². The minimum Gasteiger partial charge on any atom is -0.480 e. The van der Waals surface area contributed by atoms with Gasteiger partial charge < -0.3 is 10.1 Å². The molecule has 0 bridgehead atoms. The zero-order valence-corrected chi connectivity index (χ0v) is 11.0. The summed E-state index contributed by atoms with van der Waals surface area (Å²) in [5, 5.41) is 5.18. The molecule has 2 heterocycles. The van der Waals surface area contributed by atoms with Gasteiger partial charge in [0, 0.05) is 4.88 Å². The summed E-state index contributed by atoms with van der Waals surface area (Å²) in [6, 6.07) is 4.08. The number of thiophene rings is 1. The van der Waals surface area contributed by atoms with Crippen LogP contribution in [0.1, 0.15) is 4.88 Å². The predicted molar refractivity (Wildman–Crippen MR) is 67.9 cm³/mol. The van der Waals surface area contributed by atoms with Crippen molar-refractivity contribution in [2.75, 3.05) is 12.4 Å². The number of nitrogens with one attached hydrogen (secondary N) is 1. The summed E-state index contributed by atoms with van der Waals surface area (Å²) in [6.07, 6.45) is 1.67. The van der Waals surface area contributed by atoms with Crippen LogP contribution in [-0.4, -0.2) is 17.1 Å². The lowest BCUT2D eigenvalue weighted by Gasteiger charge is -2.05. The third-order valence-corrected chi connectivity index (χ3v) is 3.33. The minimum atomic E-state index is 0.531. The number of anilines is 1. The van der Waals surface area contributed by atoms with E-state index in [4.69, 9.17) is 4.74 Å². The van der Waals surface area contributed by atoms with Gasteiger partial charge in [0.1, 0.15) is 0 Å². The predicted octanol–water partition coefficient (Wildman–Crippen LogP) is 2.92. The molecule has 0 unspecified atom stereocenters. The fourth-order valence-electron chi connectivity index (χ4n) is 1.16. The molecule has 0 saturated heterocycles. The number of aromatic nitrogens is 2. The van der Waals surface area contributed by atoms with E-state index in [1.807, 2.05) is 11.4 Å². The zero-order chi connectivity index (χ0) is 11.4. The van der Waals surface area contributed by atoms with Crippen LogP contribution in [0.2, 0.25) is 0 Å². The fourth-order valence-corrected chi connectivity index (χ4v) is 2.16. The van der Waals surface area contributed by atoms with Crippen molar-refractivity contribution in [3.8, 4) is 5.88 Å². The molecule has 0 atom stereocenters. The molecule has 0 fully saturated rings. The Bertz CT molecular complexity index is 461. The lowest BCUT2D eigenvalue weighted by molar-refractivity contribution is 0.394. The van der Waals surface area contributed by atoms with Crippen molar-refractivity contribution in [3.05, 3.63) is 33.1 Å². The number of hydrogen-bond donors (Lipinski definition) is 1. The molecule has 2 aromatic heterocycles. The molecule has 16 heavy (non-hydrogen) atoms. The monoisotopic (exact) mass is 299 g/mol. The number of methoxy groups -OCH3 is 1. The first-order valence-electron chi connectivity index (χ1n) is 4.62. The Balaban J connectivity index is 2.04. The smallest absolute Gasteiger partial charge is 0.232 e. The molecule has 0 aliphatic heterocycles. The zero-order valence-electron chi connectivity index (χ0n) is 8.61. The van der Waals surface area contributed by atoms with Gasteiger partial charge in [-0.3, -0.25) is 0 Å². The van der Waals surface area contributed by atoms with E-state index >= 15 is 0 Å². The number of hydrogen-bond acceptors (Lipinski definition) is 5. The lowest BCUT2D eigenvalue weighted by Crippen LogP contribution is -2.03. The van der Waals surface area contributed by atoms with E-state index in [9.17, 15) is 0 Å². The highest BCUT2D eigenvalue weighted by Crippen LogP contribution is 2.22. The maximum absolute atomic E-state index is 5.09. The quantitative estimate of drug-likeness (QED) is 0.943. The summed E-state index contributed by atoms with van der Waals surface area (Å²) in [6.45, 7) is 0.725. The van der Waals surface area contributed by atoms with Crippen LogP contribution in [0.15, 0.2) is 28.2 Å². The molecule has 84 valence electrons. The molecule has 0 aromatic carbocycles. The van der Waals surface area contributed by atoms with Crippen molar-refractivity contribution in [3.63, 3.8) is 0 Å². The van der Waals surface area contributed by atoms with E-state index in [-0.39, 0.29) is 0 Å². The van der Waals surface area contributed by atoms with Gasteiger partial charge in [0.15, 0.2) is 0 Å². The highest BCUT2D eigenvalue weighted by atomic mass is 79.9. The third-order valence-electron chi connectivity index (χ3n) is 1.91. The second-order valence-electron chi connectivity index (χ2n) is 2.98. The van der Waals surface area contributed by atoms with Gasteiger partial charge >= 0.3 is 0 Å². The minimum absolute atomic E-state index is 0.531. The molecule has 4 nitrogen and oxygen atoms in total. The highest BCUT2D eigenvalue weighted by Gasteiger charge is 2.04. The van der Waals surface area contributed by atoms with Crippen LogP contribution >= 0.6 is 27.3 Å². The summed E-state index contributed by atoms with van der Waals surface area (Å²) in [4.78, 5) is 9.59. The Morgan fingerprint density at radius 1 is 1.56 bits per heavy atom. The molecule has 0 aliphatic rings. The highest BCUT2D eigenvalue weighted by molar-refractivity contribution is 9.10. The topological polar surface area (TPSA) is 47.0 Å². The van der Waals surface area contributed by atoms with Gasteiger partial charge in [0.2, 0.25) is 11.8 Å². The van der Waals surface area contributed by atoms with E-state index < -0.39 is 0 Å². The van der Waals surface area contributed by atoms with Crippen LogP contribution < -0.4 is 10.1 Å². The molecular formula is C10H10BrN3OS. The van der Waals surface area contributed by atoms with Gasteiger partial charge in [-0.15, -0.1) is 11.3 Å². The summed E-state index contributed by atoms with van der Waals surface area (Å²) in [7, 11) is 1.58. The van der Waals surface area contributed by atoms with Crippen molar-refractivity contribution >= 4 is 33.2 Å². The third kappa shape index (κ3) is 2.70. The van der Waals surface area contributed by atoms with Gasteiger partial charge in [0.05, 0.1) is 24.3 Å². The van der Waals surface area contributed by atoms with Gasteiger partial charge in [-0.1, -0.05) is 6.07 Å². The first-order valence-corrected chi connectivity index (χ1v) is 6.29. The number of ether oxygens (including phenoxy) is 1.